The summed E-state index contributed by atoms with van der Waals surface area (Å²) in [5.41, 5.74) is 1.91. The summed E-state index contributed by atoms with van der Waals surface area (Å²) in [6.07, 6.45) is 3.31. The minimum atomic E-state index is -0.697. The molecule has 0 aliphatic heterocycles. The highest BCUT2D eigenvalue weighted by atomic mass is 19.1. The zero-order valence-electron chi connectivity index (χ0n) is 18.0. The molecule has 0 aliphatic carbocycles. The van der Waals surface area contributed by atoms with E-state index < -0.39 is 11.6 Å². The molecule has 4 aromatic rings. The van der Waals surface area contributed by atoms with Crippen molar-refractivity contribution >= 4 is 22.6 Å². The number of fused-ring (bicyclic) bond motifs is 1. The summed E-state index contributed by atoms with van der Waals surface area (Å²) in [5.74, 6) is -0.214. The molecule has 0 atom stereocenters. The van der Waals surface area contributed by atoms with Gasteiger partial charge in [-0.3, -0.25) is 9.78 Å². The molecule has 0 saturated carbocycles. The van der Waals surface area contributed by atoms with Crippen LogP contribution in [0.4, 0.5) is 14.6 Å². The lowest BCUT2D eigenvalue weighted by Gasteiger charge is -2.15. The fraction of sp³-hybridized carbons (Fsp3) is 0.167. The van der Waals surface area contributed by atoms with Crippen molar-refractivity contribution in [3.05, 3.63) is 66.5 Å². The lowest BCUT2D eigenvalue weighted by atomic mass is 10.0. The van der Waals surface area contributed by atoms with E-state index in [0.29, 0.717) is 39.4 Å². The minimum absolute atomic E-state index is 0.172. The molecule has 2 aromatic carbocycles. The third-order valence-corrected chi connectivity index (χ3v) is 4.90. The Morgan fingerprint density at radius 1 is 1.09 bits per heavy atom. The molecule has 2 heterocycles. The number of ether oxygens (including phenoxy) is 1. The average Bonchev–Trinajstić information content (AvgIpc) is 2.81. The number of aromatic nitrogens is 3. The first kappa shape index (κ1) is 22.1. The average molecular weight is 449 g/mol. The Morgan fingerprint density at radius 3 is 2.64 bits per heavy atom. The number of rotatable bonds is 7. The van der Waals surface area contributed by atoms with Crippen molar-refractivity contribution in [2.45, 2.75) is 6.92 Å². The van der Waals surface area contributed by atoms with Gasteiger partial charge in [0.25, 0.3) is 0 Å². The van der Waals surface area contributed by atoms with Gasteiger partial charge in [0.05, 0.1) is 6.54 Å². The van der Waals surface area contributed by atoms with Crippen molar-refractivity contribution in [3.63, 3.8) is 0 Å². The third kappa shape index (κ3) is 4.87. The molecule has 2 aromatic heterocycles. The summed E-state index contributed by atoms with van der Waals surface area (Å²) in [5, 5.41) is 6.32. The van der Waals surface area contributed by atoms with Crippen molar-refractivity contribution in [2.75, 3.05) is 25.5 Å². The van der Waals surface area contributed by atoms with Crippen LogP contribution >= 0.6 is 0 Å². The largest absolute Gasteiger partial charge is 0.489 e. The van der Waals surface area contributed by atoms with E-state index in [0.717, 1.165) is 6.07 Å². The van der Waals surface area contributed by atoms with Crippen molar-refractivity contribution in [1.82, 2.24) is 20.3 Å². The van der Waals surface area contributed by atoms with Crippen molar-refractivity contribution in [1.29, 1.82) is 0 Å². The van der Waals surface area contributed by atoms with E-state index in [4.69, 9.17) is 4.74 Å². The molecular weight excluding hydrogens is 428 g/mol. The van der Waals surface area contributed by atoms with E-state index >= 15 is 0 Å². The highest BCUT2D eigenvalue weighted by Crippen LogP contribution is 2.36. The Morgan fingerprint density at radius 2 is 1.94 bits per heavy atom. The maximum atomic E-state index is 14.5. The van der Waals surface area contributed by atoms with E-state index in [9.17, 15) is 13.6 Å². The van der Waals surface area contributed by atoms with E-state index in [2.05, 4.69) is 25.6 Å². The molecule has 4 rings (SSSR count). The van der Waals surface area contributed by atoms with E-state index in [1.54, 1.807) is 37.6 Å². The van der Waals surface area contributed by atoms with Crippen LogP contribution in [0.2, 0.25) is 0 Å². The van der Waals surface area contributed by atoms with Crippen LogP contribution in [0.15, 0.2) is 54.9 Å². The molecule has 9 heteroatoms. The van der Waals surface area contributed by atoms with Gasteiger partial charge >= 0.3 is 0 Å². The van der Waals surface area contributed by atoms with Crippen LogP contribution < -0.4 is 15.4 Å². The third-order valence-electron chi connectivity index (χ3n) is 4.90. The lowest BCUT2D eigenvalue weighted by Crippen LogP contribution is -2.25. The maximum Gasteiger partial charge on any atom is 0.216 e. The Labute approximate surface area is 188 Å². The van der Waals surface area contributed by atoms with Gasteiger partial charge in [-0.05, 0) is 42.0 Å². The number of hydrogen-bond acceptors (Lipinski definition) is 6. The quantitative estimate of drug-likeness (QED) is 0.411. The zero-order valence-corrected chi connectivity index (χ0v) is 18.0. The Balaban J connectivity index is 1.88. The smallest absolute Gasteiger partial charge is 0.216 e. The summed E-state index contributed by atoms with van der Waals surface area (Å²) >= 11 is 0. The number of nitrogens with one attached hydrogen (secondary N) is 2. The van der Waals surface area contributed by atoms with Crippen LogP contribution in [-0.4, -0.2) is 41.1 Å². The number of halogens is 2. The fourth-order valence-corrected chi connectivity index (χ4v) is 3.39. The van der Waals surface area contributed by atoms with Crippen molar-refractivity contribution in [3.8, 4) is 28.3 Å². The predicted octanol–water partition coefficient (Wildman–Crippen LogP) is 4.19. The number of benzene rings is 2. The summed E-state index contributed by atoms with van der Waals surface area (Å²) in [7, 11) is 1.72. The minimum Gasteiger partial charge on any atom is -0.489 e. The van der Waals surface area contributed by atoms with Crippen molar-refractivity contribution < 1.29 is 18.3 Å². The topological polar surface area (TPSA) is 89.0 Å². The Bertz CT molecular complexity index is 1320. The van der Waals surface area contributed by atoms with Crippen molar-refractivity contribution in [2.24, 2.45) is 0 Å². The van der Waals surface area contributed by atoms with Crippen LogP contribution in [0.25, 0.3) is 33.4 Å². The SMILES string of the molecule is CNc1nc(-c2cccnc2)nc2c(OCCNC(C)=O)cc(-c3ccc(F)cc3F)cc12. The molecule has 0 saturated heterocycles. The lowest BCUT2D eigenvalue weighted by molar-refractivity contribution is -0.119. The van der Waals surface area contributed by atoms with Gasteiger partial charge in [0.2, 0.25) is 5.91 Å². The fourth-order valence-electron chi connectivity index (χ4n) is 3.39. The number of carbonyl (C=O) groups excluding carboxylic acids is 1. The van der Waals surface area contributed by atoms with E-state index in [1.165, 1.54) is 19.1 Å². The van der Waals surface area contributed by atoms with Gasteiger partial charge in [0, 0.05) is 48.9 Å². The monoisotopic (exact) mass is 449 g/mol. The van der Waals surface area contributed by atoms with E-state index in [1.807, 2.05) is 6.07 Å². The Kier molecular flexibility index (Phi) is 6.39. The van der Waals surface area contributed by atoms with Crippen LogP contribution in [0.5, 0.6) is 5.75 Å². The number of nitrogens with zero attached hydrogens (tertiary/aromatic N) is 3. The summed E-state index contributed by atoms with van der Waals surface area (Å²) in [6.45, 7) is 1.87. The molecule has 33 heavy (non-hydrogen) atoms. The van der Waals surface area contributed by atoms with Gasteiger partial charge in [-0.1, -0.05) is 0 Å². The normalized spacial score (nSPS) is 10.8. The summed E-state index contributed by atoms with van der Waals surface area (Å²) in [4.78, 5) is 24.6. The molecule has 0 aliphatic rings. The van der Waals surface area contributed by atoms with E-state index in [-0.39, 0.29) is 24.6 Å². The summed E-state index contributed by atoms with van der Waals surface area (Å²) < 4.78 is 33.9. The first-order valence-corrected chi connectivity index (χ1v) is 10.2. The first-order valence-electron chi connectivity index (χ1n) is 10.2. The summed E-state index contributed by atoms with van der Waals surface area (Å²) in [6, 6.07) is 10.4. The van der Waals surface area contributed by atoms with Gasteiger partial charge < -0.3 is 15.4 Å². The Hall–Kier alpha value is -4.14. The number of carbonyl (C=O) groups is 1. The zero-order chi connectivity index (χ0) is 23.4. The van der Waals surface area contributed by atoms with Gasteiger partial charge in [-0.2, -0.15) is 0 Å². The van der Waals surface area contributed by atoms with Crippen LogP contribution in [0.3, 0.4) is 0 Å². The van der Waals surface area contributed by atoms with Crippen LogP contribution in [0.1, 0.15) is 6.92 Å². The number of anilines is 1. The molecule has 0 fully saturated rings. The van der Waals surface area contributed by atoms with Gasteiger partial charge in [-0.25, -0.2) is 18.7 Å². The van der Waals surface area contributed by atoms with Gasteiger partial charge in [0.1, 0.15) is 35.3 Å². The highest BCUT2D eigenvalue weighted by molar-refractivity contribution is 5.97. The second-order valence-corrected chi connectivity index (χ2v) is 7.21. The molecule has 7 nitrogen and oxygen atoms in total. The number of pyridine rings is 1. The molecule has 0 radical (unpaired) electrons. The molecule has 0 unspecified atom stereocenters. The highest BCUT2D eigenvalue weighted by Gasteiger charge is 2.17. The molecule has 1 amide bonds. The van der Waals surface area contributed by atoms with Crippen LogP contribution in [-0.2, 0) is 4.79 Å². The number of amides is 1. The van der Waals surface area contributed by atoms with Gasteiger partial charge in [0.15, 0.2) is 5.82 Å². The predicted molar refractivity (Wildman–Crippen MR) is 122 cm³/mol. The molecule has 168 valence electrons. The molecule has 2 N–H and O–H groups in total. The maximum absolute atomic E-state index is 14.5. The standard InChI is InChI=1S/C24H21F2N5O2/c1-14(32)29-8-9-33-21-11-16(18-6-5-17(25)12-20(18)26)10-19-22(21)30-23(31-24(19)27-2)15-4-3-7-28-13-15/h3-7,10-13H,8-9H2,1-2H3,(H,29,32)(H,27,30,31). The molecular formula is C24H21F2N5O2. The van der Waals surface area contributed by atoms with Gasteiger partial charge in [-0.15, -0.1) is 0 Å². The second kappa shape index (κ2) is 9.56. The number of hydrogen-bond donors (Lipinski definition) is 2. The molecule has 0 bridgehead atoms. The first-order chi connectivity index (χ1) is 16.0. The molecule has 0 spiro atoms. The second-order valence-electron chi connectivity index (χ2n) is 7.21. The van der Waals surface area contributed by atoms with Crippen LogP contribution in [0, 0.1) is 11.6 Å².